The molecule has 2 aromatic carbocycles. The fourth-order valence-corrected chi connectivity index (χ4v) is 9.50. The number of benzene rings is 2. The van der Waals surface area contributed by atoms with Crippen LogP contribution in [0.5, 0.6) is 11.6 Å². The second-order valence-electron chi connectivity index (χ2n) is 17.0. The lowest BCUT2D eigenvalue weighted by molar-refractivity contribution is -0.148. The number of rotatable bonds is 13. The molecule has 2 aliphatic heterocycles. The lowest BCUT2D eigenvalue weighted by Gasteiger charge is -2.36. The van der Waals surface area contributed by atoms with E-state index in [1.54, 1.807) is 7.11 Å². The van der Waals surface area contributed by atoms with Crippen molar-refractivity contribution in [1.29, 1.82) is 0 Å². The molecule has 304 valence electrons. The van der Waals surface area contributed by atoms with Crippen molar-refractivity contribution in [2.75, 3.05) is 26.7 Å². The number of pyridine rings is 1. The van der Waals surface area contributed by atoms with Gasteiger partial charge < -0.3 is 24.6 Å². The third-order valence-electron chi connectivity index (χ3n) is 11.9. The van der Waals surface area contributed by atoms with Crippen LogP contribution in [-0.4, -0.2) is 96.5 Å². The number of ether oxygens (including phenoxy) is 2. The highest BCUT2D eigenvalue weighted by Gasteiger charge is 2.62. The Morgan fingerprint density at radius 2 is 1.75 bits per heavy atom. The zero-order chi connectivity index (χ0) is 40.7. The Bertz CT molecular complexity index is 2160. The Labute approximate surface area is 334 Å². The fraction of sp³-hybridized carbons (Fsp3) is 0.512. The standard InChI is InChI=1S/C43H53N5O8S/c1-6-29-25-43(29,41(52)46-57(53,54)32-16-17-32)45-38(50)36-23-31(26-48(36)40(51)34(42(2,3)4)24-37(49)47-19-11-8-12-20-47)56-39-33-18-15-30(55-5)21-28(33)22-35(44-39)27-13-9-7-10-14-27/h6-7,9-10,13-15,18,21-22,29,31-32,34,36H,1,8,11-12,16-17,19-20,23-26H2,2-5H3,(H,45,50)(H,46,52)/t29-,31-,34-,36+,43-/m1/s1. The van der Waals surface area contributed by atoms with E-state index in [1.807, 2.05) is 80.3 Å². The van der Waals surface area contributed by atoms with Gasteiger partial charge in [0.1, 0.15) is 23.4 Å². The molecular formula is C43H53N5O8S. The minimum atomic E-state index is -3.90. The number of piperidine rings is 1. The Balaban J connectivity index is 1.21. The summed E-state index contributed by atoms with van der Waals surface area (Å²) in [6.07, 6.45) is 4.84. The van der Waals surface area contributed by atoms with Gasteiger partial charge in [-0.05, 0) is 73.6 Å². The number of likely N-dealkylation sites (tertiary alicyclic amines) is 2. The molecule has 2 saturated heterocycles. The van der Waals surface area contributed by atoms with E-state index in [0.717, 1.165) is 30.2 Å². The largest absolute Gasteiger partial charge is 0.497 e. The van der Waals surface area contributed by atoms with Crippen LogP contribution in [0.4, 0.5) is 0 Å². The van der Waals surface area contributed by atoms with Gasteiger partial charge in [0.2, 0.25) is 33.6 Å². The van der Waals surface area contributed by atoms with E-state index in [4.69, 9.17) is 14.5 Å². The van der Waals surface area contributed by atoms with E-state index in [2.05, 4.69) is 16.6 Å². The van der Waals surface area contributed by atoms with Crippen molar-refractivity contribution in [3.63, 3.8) is 0 Å². The molecule has 1 aromatic heterocycles. The van der Waals surface area contributed by atoms with Crippen LogP contribution in [0, 0.1) is 17.3 Å². The number of nitrogens with one attached hydrogen (secondary N) is 2. The number of methoxy groups -OCH3 is 1. The van der Waals surface area contributed by atoms with Crippen LogP contribution in [0.2, 0.25) is 0 Å². The van der Waals surface area contributed by atoms with Crippen molar-refractivity contribution < 1.29 is 37.1 Å². The second kappa shape index (κ2) is 15.8. The van der Waals surface area contributed by atoms with Crippen LogP contribution < -0.4 is 19.5 Å². The quantitative estimate of drug-likeness (QED) is 0.227. The van der Waals surface area contributed by atoms with Crippen molar-refractivity contribution in [1.82, 2.24) is 24.8 Å². The maximum Gasteiger partial charge on any atom is 0.259 e. The van der Waals surface area contributed by atoms with E-state index in [1.165, 1.54) is 11.0 Å². The molecule has 2 N–H and O–H groups in total. The summed E-state index contributed by atoms with van der Waals surface area (Å²) in [5.41, 5.74) is -0.657. The van der Waals surface area contributed by atoms with Crippen LogP contribution in [-0.2, 0) is 29.2 Å². The Morgan fingerprint density at radius 1 is 1.04 bits per heavy atom. The summed E-state index contributed by atoms with van der Waals surface area (Å²) in [6.45, 7) is 10.9. The molecule has 14 heteroatoms. The lowest BCUT2D eigenvalue weighted by atomic mass is 9.77. The molecule has 0 spiro atoms. The van der Waals surface area contributed by atoms with Gasteiger partial charge in [0.25, 0.3) is 5.91 Å². The third kappa shape index (κ3) is 8.51. The first kappa shape index (κ1) is 40.2. The van der Waals surface area contributed by atoms with E-state index in [-0.39, 0.29) is 37.6 Å². The molecule has 4 aliphatic rings. The van der Waals surface area contributed by atoms with Crippen LogP contribution in [0.1, 0.15) is 72.1 Å². The number of hydrogen-bond donors (Lipinski definition) is 2. The topological polar surface area (TPSA) is 164 Å². The summed E-state index contributed by atoms with van der Waals surface area (Å²) in [6, 6.07) is 16.1. The summed E-state index contributed by atoms with van der Waals surface area (Å²) < 4.78 is 40.0. The normalized spacial score (nSPS) is 24.0. The highest BCUT2D eigenvalue weighted by atomic mass is 32.2. The minimum Gasteiger partial charge on any atom is -0.497 e. The maximum absolute atomic E-state index is 14.9. The van der Waals surface area contributed by atoms with Gasteiger partial charge in [-0.25, -0.2) is 13.4 Å². The van der Waals surface area contributed by atoms with Crippen molar-refractivity contribution in [3.05, 3.63) is 67.3 Å². The van der Waals surface area contributed by atoms with Gasteiger partial charge >= 0.3 is 0 Å². The summed E-state index contributed by atoms with van der Waals surface area (Å²) in [5.74, 6) is -2.21. The summed E-state index contributed by atoms with van der Waals surface area (Å²) >= 11 is 0. The maximum atomic E-state index is 14.9. The molecule has 3 heterocycles. The van der Waals surface area contributed by atoms with Crippen LogP contribution >= 0.6 is 0 Å². The summed E-state index contributed by atoms with van der Waals surface area (Å²) in [4.78, 5) is 64.9. The smallest absolute Gasteiger partial charge is 0.259 e. The Kier molecular flexibility index (Phi) is 11.1. The van der Waals surface area contributed by atoms with Gasteiger partial charge in [0.05, 0.1) is 30.5 Å². The third-order valence-corrected chi connectivity index (χ3v) is 13.7. The molecule has 2 saturated carbocycles. The van der Waals surface area contributed by atoms with Gasteiger partial charge in [-0.2, -0.15) is 0 Å². The molecular weight excluding hydrogens is 747 g/mol. The van der Waals surface area contributed by atoms with Crippen LogP contribution in [0.25, 0.3) is 22.0 Å². The van der Waals surface area contributed by atoms with E-state index < -0.39 is 62.0 Å². The fourth-order valence-electron chi connectivity index (χ4n) is 8.14. The van der Waals surface area contributed by atoms with Crippen molar-refractivity contribution in [2.45, 2.75) is 95.1 Å². The van der Waals surface area contributed by atoms with Gasteiger partial charge in [0.15, 0.2) is 0 Å². The predicted octanol–water partition coefficient (Wildman–Crippen LogP) is 4.99. The van der Waals surface area contributed by atoms with Crippen molar-refractivity contribution >= 4 is 44.4 Å². The average molecular weight is 800 g/mol. The van der Waals surface area contributed by atoms with E-state index >= 15 is 0 Å². The van der Waals surface area contributed by atoms with Crippen LogP contribution in [0.3, 0.4) is 0 Å². The van der Waals surface area contributed by atoms with Crippen molar-refractivity contribution in [3.8, 4) is 22.9 Å². The number of carbonyl (C=O) groups is 4. The first-order chi connectivity index (χ1) is 27.1. The van der Waals surface area contributed by atoms with E-state index in [9.17, 15) is 27.6 Å². The number of hydrogen-bond acceptors (Lipinski definition) is 9. The molecule has 0 unspecified atom stereocenters. The summed E-state index contributed by atoms with van der Waals surface area (Å²) in [5, 5.41) is 3.76. The van der Waals surface area contributed by atoms with Crippen LogP contribution in [0.15, 0.2) is 67.3 Å². The number of nitrogens with zero attached hydrogens (tertiary/aromatic N) is 3. The molecule has 7 rings (SSSR count). The monoisotopic (exact) mass is 799 g/mol. The van der Waals surface area contributed by atoms with Crippen molar-refractivity contribution in [2.24, 2.45) is 17.3 Å². The number of amides is 4. The molecule has 3 aromatic rings. The Hall–Kier alpha value is -4.98. The zero-order valence-corrected chi connectivity index (χ0v) is 34.0. The van der Waals surface area contributed by atoms with E-state index in [0.29, 0.717) is 48.6 Å². The molecule has 5 atom stereocenters. The van der Waals surface area contributed by atoms with Gasteiger partial charge in [-0.15, -0.1) is 6.58 Å². The molecule has 4 amide bonds. The summed E-state index contributed by atoms with van der Waals surface area (Å²) in [7, 11) is -2.30. The van der Waals surface area contributed by atoms with Gasteiger partial charge in [0, 0.05) is 42.8 Å². The average Bonchev–Trinajstić information content (AvgIpc) is 4.13. The number of aromatic nitrogens is 1. The first-order valence-corrected chi connectivity index (χ1v) is 21.5. The predicted molar refractivity (Wildman–Crippen MR) is 216 cm³/mol. The molecule has 0 radical (unpaired) electrons. The minimum absolute atomic E-state index is 0.0104. The Morgan fingerprint density at radius 3 is 2.39 bits per heavy atom. The molecule has 2 aliphatic carbocycles. The second-order valence-corrected chi connectivity index (χ2v) is 19.0. The highest BCUT2D eigenvalue weighted by Crippen LogP contribution is 2.46. The molecule has 4 fully saturated rings. The highest BCUT2D eigenvalue weighted by molar-refractivity contribution is 7.91. The molecule has 57 heavy (non-hydrogen) atoms. The number of fused-ring (bicyclic) bond motifs is 1. The number of sulfonamides is 1. The number of carbonyl (C=O) groups excluding carboxylic acids is 4. The molecule has 13 nitrogen and oxygen atoms in total. The van der Waals surface area contributed by atoms with Gasteiger partial charge in [-0.1, -0.05) is 57.2 Å². The molecule has 0 bridgehead atoms. The zero-order valence-electron chi connectivity index (χ0n) is 33.2. The van der Waals surface area contributed by atoms with Gasteiger partial charge in [-0.3, -0.25) is 23.9 Å². The first-order valence-electron chi connectivity index (χ1n) is 19.9. The SMILES string of the molecule is C=C[C@@H]1C[C@]1(NC(=O)[C@@H]1C[C@@H](Oc2nc(-c3ccccc3)cc3cc(OC)ccc23)CN1C(=O)[C@@H](CC(=O)N1CCCCC1)C(C)(C)C)C(=O)NS(=O)(=O)C1CC1. The lowest BCUT2D eigenvalue weighted by Crippen LogP contribution is -2.57.